The van der Waals surface area contributed by atoms with Crippen LogP contribution in [0.4, 0.5) is 17.1 Å². The highest BCUT2D eigenvalue weighted by Gasteiger charge is 2.41. The highest BCUT2D eigenvalue weighted by Crippen LogP contribution is 2.41. The van der Waals surface area contributed by atoms with Crippen LogP contribution < -0.4 is 20.5 Å². The number of para-hydroxylation sites is 1. The molecule has 0 spiro atoms. The molecule has 0 radical (unpaired) electrons. The zero-order valence-electron chi connectivity index (χ0n) is 31.0. The van der Waals surface area contributed by atoms with Crippen LogP contribution in [0.25, 0.3) is 0 Å². The molecule has 286 valence electrons. The van der Waals surface area contributed by atoms with E-state index in [1.165, 1.54) is 47.3 Å². The van der Waals surface area contributed by atoms with Gasteiger partial charge in [-0.3, -0.25) is 15.0 Å². The fourth-order valence-corrected chi connectivity index (χ4v) is 8.36. The van der Waals surface area contributed by atoms with E-state index in [1.807, 2.05) is 50.2 Å². The second kappa shape index (κ2) is 20.0. The second-order valence-corrected chi connectivity index (χ2v) is 16.1. The molecule has 54 heavy (non-hydrogen) atoms. The molecule has 1 aliphatic rings. The lowest BCUT2D eigenvalue weighted by molar-refractivity contribution is -0.122. The van der Waals surface area contributed by atoms with Crippen molar-refractivity contribution in [2.45, 2.75) is 102 Å². The largest absolute Gasteiger partial charge is 0.480 e. The van der Waals surface area contributed by atoms with Gasteiger partial charge in [0.2, 0.25) is 0 Å². The number of hydrazine groups is 1. The molecule has 0 saturated carbocycles. The van der Waals surface area contributed by atoms with E-state index in [1.54, 1.807) is 12.1 Å². The number of aliphatic imine (C=N–C) groups is 1. The van der Waals surface area contributed by atoms with Gasteiger partial charge in [-0.25, -0.2) is 10.0 Å². The van der Waals surface area contributed by atoms with Gasteiger partial charge < -0.3 is 10.1 Å². The number of rotatable bonds is 17. The second-order valence-electron chi connectivity index (χ2n) is 13.3. The van der Waals surface area contributed by atoms with Crippen LogP contribution in [0.15, 0.2) is 82.7 Å². The Bertz CT molecular complexity index is 1970. The van der Waals surface area contributed by atoms with Crippen molar-refractivity contribution in [3.63, 3.8) is 0 Å². The van der Waals surface area contributed by atoms with E-state index in [9.17, 15) is 9.59 Å². The SMILES string of the molecule is CCCCCc1ccc(OC(CC)C(=O)Nc2ccccc2SC2C(=O)N(c3c(Cl)cc(Cl)cc3Cl)NC2=Nc2cc(C)ccc2Cl)c(CCCCC)c1. The summed E-state index contributed by atoms with van der Waals surface area (Å²) in [4.78, 5) is 33.6. The van der Waals surface area contributed by atoms with Crippen LogP contribution >= 0.6 is 58.2 Å². The first kappa shape index (κ1) is 41.8. The summed E-state index contributed by atoms with van der Waals surface area (Å²) in [5.74, 6) is 0.394. The van der Waals surface area contributed by atoms with E-state index in [2.05, 4.69) is 36.7 Å². The van der Waals surface area contributed by atoms with Crippen molar-refractivity contribution in [2.75, 3.05) is 10.3 Å². The highest BCUT2D eigenvalue weighted by atomic mass is 35.5. The van der Waals surface area contributed by atoms with E-state index >= 15 is 0 Å². The van der Waals surface area contributed by atoms with Gasteiger partial charge in [0.15, 0.2) is 6.10 Å². The van der Waals surface area contributed by atoms with Gasteiger partial charge in [0.25, 0.3) is 11.8 Å². The van der Waals surface area contributed by atoms with Gasteiger partial charge >= 0.3 is 0 Å². The molecule has 4 aromatic rings. The number of ether oxygens (including phenoxy) is 1. The third kappa shape index (κ3) is 10.7. The van der Waals surface area contributed by atoms with Crippen LogP contribution in [0.1, 0.15) is 82.4 Å². The van der Waals surface area contributed by atoms with Gasteiger partial charge in [-0.15, -0.1) is 11.8 Å². The number of carbonyl (C=O) groups is 2. The molecule has 1 aliphatic heterocycles. The van der Waals surface area contributed by atoms with Crippen molar-refractivity contribution in [1.82, 2.24) is 5.43 Å². The standard InChI is InChI=1S/C42H46Cl4N4O3S/c1-5-8-10-14-27-19-21-36(28(23-27)15-11-9-6-2)53-35(7-3)41(51)48-33-16-12-13-17-37(33)54-39-40(47-34-22-26(4)18-20-30(34)44)49-50(42(39)52)38-31(45)24-29(43)25-32(38)46/h12-13,16-25,35,39H,5-11,14-15H2,1-4H3,(H,47,49)(H,48,51). The number of nitrogens with one attached hydrogen (secondary N) is 2. The smallest absolute Gasteiger partial charge is 0.267 e. The summed E-state index contributed by atoms with van der Waals surface area (Å²) in [6.45, 7) is 8.27. The topological polar surface area (TPSA) is 83.0 Å². The Morgan fingerprint density at radius 3 is 2.30 bits per heavy atom. The predicted molar refractivity (Wildman–Crippen MR) is 228 cm³/mol. The zero-order chi connectivity index (χ0) is 38.8. The average molecular weight is 829 g/mol. The molecule has 2 atom stereocenters. The molecule has 7 nitrogen and oxygen atoms in total. The maximum absolute atomic E-state index is 14.2. The summed E-state index contributed by atoms with van der Waals surface area (Å²) in [7, 11) is 0. The molecule has 12 heteroatoms. The van der Waals surface area contributed by atoms with Gasteiger partial charge in [-0.05, 0) is 98.2 Å². The number of anilines is 2. The van der Waals surface area contributed by atoms with Gasteiger partial charge in [0.05, 0.1) is 26.4 Å². The van der Waals surface area contributed by atoms with Crippen LogP contribution in [0.5, 0.6) is 5.75 Å². The van der Waals surface area contributed by atoms with Gasteiger partial charge in [-0.2, -0.15) is 0 Å². The van der Waals surface area contributed by atoms with Gasteiger partial charge in [0.1, 0.15) is 22.5 Å². The number of nitrogens with zero attached hydrogens (tertiary/aromatic N) is 2. The van der Waals surface area contributed by atoms with Crippen LogP contribution in [0.2, 0.25) is 20.1 Å². The summed E-state index contributed by atoms with van der Waals surface area (Å²) in [6, 6.07) is 22.2. The number of carbonyl (C=O) groups excluding carboxylic acids is 2. The van der Waals surface area contributed by atoms with Crippen LogP contribution in [0.3, 0.4) is 0 Å². The Morgan fingerprint density at radius 2 is 1.59 bits per heavy atom. The molecule has 0 bridgehead atoms. The number of thioether (sulfide) groups is 1. The minimum absolute atomic E-state index is 0.185. The van der Waals surface area contributed by atoms with Crippen molar-refractivity contribution in [3.05, 3.63) is 110 Å². The quantitative estimate of drug-likeness (QED) is 0.104. The molecule has 0 aliphatic carbocycles. The summed E-state index contributed by atoms with van der Waals surface area (Å²) in [5, 5.41) is 4.60. The van der Waals surface area contributed by atoms with Gasteiger partial charge in [-0.1, -0.05) is 123 Å². The van der Waals surface area contributed by atoms with Crippen molar-refractivity contribution < 1.29 is 14.3 Å². The monoisotopic (exact) mass is 826 g/mol. The maximum Gasteiger partial charge on any atom is 0.267 e. The maximum atomic E-state index is 14.2. The number of benzene rings is 4. The molecule has 2 N–H and O–H groups in total. The molecular formula is C42H46Cl4N4O3S. The van der Waals surface area contributed by atoms with Crippen LogP contribution in [0, 0.1) is 6.92 Å². The number of amidine groups is 1. The summed E-state index contributed by atoms with van der Waals surface area (Å²) >= 11 is 27.1. The summed E-state index contributed by atoms with van der Waals surface area (Å²) in [6.07, 6.45) is 8.49. The third-order valence-corrected chi connectivity index (χ3v) is 11.4. The van der Waals surface area contributed by atoms with Crippen molar-refractivity contribution >= 4 is 92.9 Å². The fraction of sp³-hybridized carbons (Fsp3) is 0.357. The first-order valence-corrected chi connectivity index (χ1v) is 20.9. The normalized spacial score (nSPS) is 15.4. The fourth-order valence-electron chi connectivity index (χ4n) is 6.14. The lowest BCUT2D eigenvalue weighted by Gasteiger charge is -2.21. The molecule has 1 saturated heterocycles. The van der Waals surface area contributed by atoms with Crippen molar-refractivity contribution in [2.24, 2.45) is 4.99 Å². The Morgan fingerprint density at radius 1 is 0.889 bits per heavy atom. The third-order valence-electron chi connectivity index (χ3n) is 9.03. The lowest BCUT2D eigenvalue weighted by atomic mass is 10.00. The molecule has 0 aromatic heterocycles. The van der Waals surface area contributed by atoms with E-state index in [0.717, 1.165) is 55.4 Å². The number of aryl methyl sites for hydroxylation is 3. The van der Waals surface area contributed by atoms with E-state index in [4.69, 9.17) is 56.1 Å². The molecule has 5 rings (SSSR count). The first-order valence-electron chi connectivity index (χ1n) is 18.5. The van der Waals surface area contributed by atoms with E-state index in [0.29, 0.717) is 38.6 Å². The Kier molecular flexibility index (Phi) is 15.4. The molecular weight excluding hydrogens is 782 g/mol. The lowest BCUT2D eigenvalue weighted by Crippen LogP contribution is -2.36. The molecule has 2 unspecified atom stereocenters. The van der Waals surface area contributed by atoms with Gasteiger partial charge in [0, 0.05) is 9.92 Å². The van der Waals surface area contributed by atoms with E-state index < -0.39 is 11.4 Å². The predicted octanol–water partition coefficient (Wildman–Crippen LogP) is 12.6. The van der Waals surface area contributed by atoms with Crippen LogP contribution in [-0.2, 0) is 22.4 Å². The number of unbranched alkanes of at least 4 members (excludes halogenated alkanes) is 4. The molecule has 1 heterocycles. The zero-order valence-corrected chi connectivity index (χ0v) is 34.8. The minimum atomic E-state index is -0.887. The first-order chi connectivity index (χ1) is 26.0. The Hall–Kier alpha value is -3.40. The van der Waals surface area contributed by atoms with Crippen LogP contribution in [-0.4, -0.2) is 29.0 Å². The van der Waals surface area contributed by atoms with E-state index in [-0.39, 0.29) is 27.5 Å². The van der Waals surface area contributed by atoms with Crippen molar-refractivity contribution in [3.8, 4) is 5.75 Å². The number of hydrogen-bond acceptors (Lipinski definition) is 5. The Labute approximate surface area is 343 Å². The number of halogens is 4. The number of hydrogen-bond donors (Lipinski definition) is 2. The average Bonchev–Trinajstić information content (AvgIpc) is 3.43. The Balaban J connectivity index is 1.41. The molecule has 4 aromatic carbocycles. The van der Waals surface area contributed by atoms with Crippen molar-refractivity contribution in [1.29, 1.82) is 0 Å². The molecule has 1 fully saturated rings. The minimum Gasteiger partial charge on any atom is -0.480 e. The number of amides is 2. The molecule has 2 amide bonds. The summed E-state index contributed by atoms with van der Waals surface area (Å²) in [5.41, 5.74) is 7.76. The summed E-state index contributed by atoms with van der Waals surface area (Å²) < 4.78 is 6.47. The highest BCUT2D eigenvalue weighted by molar-refractivity contribution is 8.01.